The molecule has 5 nitrogen and oxygen atoms in total. The first-order chi connectivity index (χ1) is 9.54. The Morgan fingerprint density at radius 3 is 2.71 bits per heavy atom. The van der Waals surface area contributed by atoms with Gasteiger partial charge in [0.1, 0.15) is 0 Å². The Kier molecular flexibility index (Phi) is 6.99. The predicted molar refractivity (Wildman–Crippen MR) is 97.2 cm³/mol. The molecule has 1 saturated heterocycles. The summed E-state index contributed by atoms with van der Waals surface area (Å²) in [4.78, 5) is 6.93. The fraction of sp³-hybridized carbons (Fsp3) is 0.667. The van der Waals surface area contributed by atoms with Crippen LogP contribution in [0.2, 0.25) is 0 Å². The summed E-state index contributed by atoms with van der Waals surface area (Å²) in [6.45, 7) is 8.49. The third-order valence-corrected chi connectivity index (χ3v) is 3.66. The number of hydrogen-bond acceptors (Lipinski definition) is 2. The Balaban J connectivity index is 0.00000220. The molecular formula is C15H27IN4O. The van der Waals surface area contributed by atoms with Crippen LogP contribution in [-0.2, 0) is 18.3 Å². The molecule has 21 heavy (non-hydrogen) atoms. The first kappa shape index (κ1) is 18.3. The number of ether oxygens (including phenoxy) is 1. The molecule has 1 aliphatic heterocycles. The Hall–Kier alpha value is -0.760. The quantitative estimate of drug-likeness (QED) is 0.463. The van der Waals surface area contributed by atoms with Crippen LogP contribution in [0.25, 0.3) is 0 Å². The Labute approximate surface area is 144 Å². The van der Waals surface area contributed by atoms with E-state index < -0.39 is 0 Å². The monoisotopic (exact) mass is 406 g/mol. The summed E-state index contributed by atoms with van der Waals surface area (Å²) in [5, 5.41) is 3.36. The number of aliphatic imine (C=N–C) groups is 1. The van der Waals surface area contributed by atoms with E-state index in [1.165, 1.54) is 5.69 Å². The molecular weight excluding hydrogens is 379 g/mol. The number of aromatic nitrogens is 1. The predicted octanol–water partition coefficient (Wildman–Crippen LogP) is 2.08. The lowest BCUT2D eigenvalue weighted by atomic mass is 9.89. The zero-order chi connectivity index (χ0) is 14.6. The van der Waals surface area contributed by atoms with Gasteiger partial charge in [-0.25, -0.2) is 0 Å². The number of aryl methyl sites for hydroxylation is 1. The van der Waals surface area contributed by atoms with Crippen molar-refractivity contribution in [2.45, 2.75) is 20.4 Å². The second-order valence-corrected chi connectivity index (χ2v) is 5.94. The van der Waals surface area contributed by atoms with Crippen molar-refractivity contribution in [2.24, 2.45) is 17.5 Å². The van der Waals surface area contributed by atoms with Crippen LogP contribution in [0.3, 0.4) is 0 Å². The highest BCUT2D eigenvalue weighted by atomic mass is 127. The minimum Gasteiger partial charge on any atom is -0.380 e. The van der Waals surface area contributed by atoms with Crippen molar-refractivity contribution in [3.05, 3.63) is 24.0 Å². The third-order valence-electron chi connectivity index (χ3n) is 3.66. The molecule has 1 aromatic rings. The summed E-state index contributed by atoms with van der Waals surface area (Å²) in [5.74, 6) is 0.960. The molecule has 120 valence electrons. The maximum absolute atomic E-state index is 5.28. The summed E-state index contributed by atoms with van der Waals surface area (Å²) >= 11 is 0. The lowest BCUT2D eigenvalue weighted by Crippen LogP contribution is -2.44. The van der Waals surface area contributed by atoms with Crippen molar-refractivity contribution < 1.29 is 4.74 Å². The van der Waals surface area contributed by atoms with Gasteiger partial charge >= 0.3 is 0 Å². The van der Waals surface area contributed by atoms with Gasteiger partial charge in [-0.05, 0) is 19.1 Å². The molecule has 1 N–H and O–H groups in total. The SMILES string of the molecule is CCNC(=NCC1(C)COC1)N(C)Cc1cccn1C.I. The van der Waals surface area contributed by atoms with E-state index in [1.54, 1.807) is 0 Å². The second-order valence-electron chi connectivity index (χ2n) is 5.94. The number of guanidine groups is 1. The van der Waals surface area contributed by atoms with Gasteiger partial charge < -0.3 is 19.5 Å². The zero-order valence-electron chi connectivity index (χ0n) is 13.4. The highest BCUT2D eigenvalue weighted by Gasteiger charge is 2.33. The first-order valence-corrected chi connectivity index (χ1v) is 7.21. The number of nitrogens with one attached hydrogen (secondary N) is 1. The number of rotatable bonds is 5. The molecule has 0 amide bonds. The number of halogens is 1. The van der Waals surface area contributed by atoms with E-state index in [-0.39, 0.29) is 29.4 Å². The average Bonchev–Trinajstić information content (AvgIpc) is 2.78. The normalized spacial score (nSPS) is 16.9. The molecule has 2 heterocycles. The second kappa shape index (κ2) is 8.03. The lowest BCUT2D eigenvalue weighted by molar-refractivity contribution is -0.0946. The van der Waals surface area contributed by atoms with Gasteiger partial charge in [0.15, 0.2) is 5.96 Å². The van der Waals surface area contributed by atoms with Gasteiger partial charge in [0.2, 0.25) is 0 Å². The van der Waals surface area contributed by atoms with Gasteiger partial charge in [-0.1, -0.05) is 6.92 Å². The Morgan fingerprint density at radius 2 is 2.24 bits per heavy atom. The Bertz CT molecular complexity index is 468. The molecule has 0 aliphatic carbocycles. The van der Waals surface area contributed by atoms with Crippen molar-refractivity contribution >= 4 is 29.9 Å². The van der Waals surface area contributed by atoms with Crippen LogP contribution in [0.15, 0.2) is 23.3 Å². The van der Waals surface area contributed by atoms with Crippen molar-refractivity contribution in [3.63, 3.8) is 0 Å². The van der Waals surface area contributed by atoms with Crippen LogP contribution in [-0.4, -0.2) is 48.8 Å². The summed E-state index contributed by atoms with van der Waals surface area (Å²) in [5.41, 5.74) is 1.49. The molecule has 0 spiro atoms. The van der Waals surface area contributed by atoms with Crippen LogP contribution in [0.1, 0.15) is 19.5 Å². The van der Waals surface area contributed by atoms with Crippen molar-refractivity contribution in [1.82, 2.24) is 14.8 Å². The van der Waals surface area contributed by atoms with E-state index in [9.17, 15) is 0 Å². The summed E-state index contributed by atoms with van der Waals surface area (Å²) < 4.78 is 7.43. The molecule has 0 unspecified atom stereocenters. The van der Waals surface area contributed by atoms with Crippen LogP contribution < -0.4 is 5.32 Å². The molecule has 1 aliphatic rings. The van der Waals surface area contributed by atoms with E-state index in [0.29, 0.717) is 0 Å². The first-order valence-electron chi connectivity index (χ1n) is 7.21. The van der Waals surface area contributed by atoms with Gasteiger partial charge in [-0.2, -0.15) is 0 Å². The summed E-state index contributed by atoms with van der Waals surface area (Å²) in [6, 6.07) is 4.21. The molecule has 0 atom stereocenters. The van der Waals surface area contributed by atoms with E-state index in [2.05, 4.69) is 61.1 Å². The van der Waals surface area contributed by atoms with E-state index in [4.69, 9.17) is 9.73 Å². The van der Waals surface area contributed by atoms with Crippen molar-refractivity contribution in [2.75, 3.05) is 33.4 Å². The molecule has 0 radical (unpaired) electrons. The molecule has 1 aromatic heterocycles. The topological polar surface area (TPSA) is 41.8 Å². The molecule has 6 heteroatoms. The largest absolute Gasteiger partial charge is 0.380 e. The van der Waals surface area contributed by atoms with Gasteiger partial charge in [0, 0.05) is 37.9 Å². The van der Waals surface area contributed by atoms with Crippen molar-refractivity contribution in [1.29, 1.82) is 0 Å². The van der Waals surface area contributed by atoms with Gasteiger partial charge in [0.05, 0.1) is 26.3 Å². The van der Waals surface area contributed by atoms with Gasteiger partial charge in [-0.15, -0.1) is 24.0 Å². The Morgan fingerprint density at radius 1 is 1.52 bits per heavy atom. The van der Waals surface area contributed by atoms with Crippen LogP contribution in [0, 0.1) is 5.41 Å². The summed E-state index contributed by atoms with van der Waals surface area (Å²) in [6.07, 6.45) is 2.07. The highest BCUT2D eigenvalue weighted by Crippen LogP contribution is 2.26. The fourth-order valence-electron chi connectivity index (χ4n) is 2.26. The van der Waals surface area contributed by atoms with E-state index >= 15 is 0 Å². The average molecular weight is 406 g/mol. The molecule has 0 saturated carbocycles. The number of hydrogen-bond donors (Lipinski definition) is 1. The third kappa shape index (κ3) is 4.88. The molecule has 0 aromatic carbocycles. The molecule has 1 fully saturated rings. The lowest BCUT2D eigenvalue weighted by Gasteiger charge is -2.37. The maximum atomic E-state index is 5.28. The van der Waals surface area contributed by atoms with Crippen LogP contribution in [0.5, 0.6) is 0 Å². The zero-order valence-corrected chi connectivity index (χ0v) is 15.8. The minimum atomic E-state index is 0. The fourth-order valence-corrected chi connectivity index (χ4v) is 2.26. The van der Waals surface area contributed by atoms with Gasteiger partial charge in [0.25, 0.3) is 0 Å². The van der Waals surface area contributed by atoms with Crippen LogP contribution >= 0.6 is 24.0 Å². The molecule has 0 bridgehead atoms. The smallest absolute Gasteiger partial charge is 0.194 e. The van der Waals surface area contributed by atoms with Crippen molar-refractivity contribution in [3.8, 4) is 0 Å². The summed E-state index contributed by atoms with van der Waals surface area (Å²) in [7, 11) is 4.15. The standard InChI is InChI=1S/C15H26N4O.HI/c1-5-16-14(17-10-15(2)11-20-12-15)19(4)9-13-7-6-8-18(13)3;/h6-8H,5,9-12H2,1-4H3,(H,16,17);1H. The van der Waals surface area contributed by atoms with Crippen LogP contribution in [0.4, 0.5) is 0 Å². The van der Waals surface area contributed by atoms with E-state index in [1.807, 2.05) is 0 Å². The number of nitrogens with zero attached hydrogens (tertiary/aromatic N) is 3. The maximum Gasteiger partial charge on any atom is 0.194 e. The molecule has 2 rings (SSSR count). The highest BCUT2D eigenvalue weighted by molar-refractivity contribution is 14.0. The van der Waals surface area contributed by atoms with E-state index in [0.717, 1.165) is 38.8 Å². The minimum absolute atomic E-state index is 0. The van der Waals surface area contributed by atoms with Gasteiger partial charge in [-0.3, -0.25) is 4.99 Å².